The quantitative estimate of drug-likeness (QED) is 0.149. The number of rotatable bonds is 12. The van der Waals surface area contributed by atoms with E-state index in [2.05, 4.69) is 20.4 Å². The van der Waals surface area contributed by atoms with Gasteiger partial charge < -0.3 is 36.2 Å². The molecule has 6 N–H and O–H groups in total. The molecule has 4 aromatic rings. The molecule has 1 aromatic heterocycles. The van der Waals surface area contributed by atoms with E-state index in [1.807, 2.05) is 17.0 Å². The predicted octanol–water partition coefficient (Wildman–Crippen LogP) is 3.87. The third-order valence-corrected chi connectivity index (χ3v) is 14.2. The lowest BCUT2D eigenvalue weighted by molar-refractivity contribution is -0.136. The van der Waals surface area contributed by atoms with Crippen molar-refractivity contribution in [2.75, 3.05) is 63.6 Å². The fourth-order valence-corrected chi connectivity index (χ4v) is 10.5. The molecular weight excluding hydrogens is 867 g/mol. The number of piperidine rings is 4. The van der Waals surface area contributed by atoms with Crippen LogP contribution in [0.25, 0.3) is 11.3 Å². The molecule has 5 aliphatic heterocycles. The maximum atomic E-state index is 15.5. The minimum Gasteiger partial charge on any atom is -0.496 e. The Morgan fingerprint density at radius 1 is 0.836 bits per heavy atom. The number of fused-ring (bicyclic) bond motifs is 1. The number of halogens is 2. The molecule has 0 saturated carbocycles. The van der Waals surface area contributed by atoms with Gasteiger partial charge >= 0.3 is 0 Å². The van der Waals surface area contributed by atoms with Crippen molar-refractivity contribution in [3.8, 4) is 17.0 Å². The summed E-state index contributed by atoms with van der Waals surface area (Å²) in [5.41, 5.74) is 14.8. The van der Waals surface area contributed by atoms with Gasteiger partial charge in [-0.15, -0.1) is 0 Å². The van der Waals surface area contributed by atoms with Crippen LogP contribution in [-0.2, 0) is 16.1 Å². The molecule has 4 saturated heterocycles. The van der Waals surface area contributed by atoms with Crippen molar-refractivity contribution in [1.82, 2.24) is 35.1 Å². The van der Waals surface area contributed by atoms with Crippen molar-refractivity contribution >= 4 is 46.9 Å². The van der Waals surface area contributed by atoms with Crippen LogP contribution in [-0.4, -0.2) is 125 Å². The lowest BCUT2D eigenvalue weighted by Gasteiger charge is -2.43. The number of ether oxygens (including phenoxy) is 1. The molecule has 3 aromatic carbocycles. The molecule has 0 bridgehead atoms. The van der Waals surface area contributed by atoms with Crippen LogP contribution in [0.3, 0.4) is 0 Å². The second kappa shape index (κ2) is 18.9. The summed E-state index contributed by atoms with van der Waals surface area (Å²) in [4.78, 5) is 84.0. The Kier molecular flexibility index (Phi) is 12.8. The van der Waals surface area contributed by atoms with E-state index in [9.17, 15) is 33.2 Å². The van der Waals surface area contributed by atoms with Crippen LogP contribution in [0.2, 0.25) is 0 Å². The van der Waals surface area contributed by atoms with Crippen molar-refractivity contribution < 1.29 is 42.3 Å². The molecule has 352 valence electrons. The molecule has 9 rings (SSSR count). The highest BCUT2D eigenvalue weighted by atomic mass is 19.1. The number of nitrogens with zero attached hydrogens (tertiary/aromatic N) is 6. The van der Waals surface area contributed by atoms with Gasteiger partial charge in [0.25, 0.3) is 23.6 Å². The number of hydrogen-bond donors (Lipinski definition) is 4. The fraction of sp³-hybridized carbons (Fsp3) is 0.438. The zero-order valence-corrected chi connectivity index (χ0v) is 37.3. The Morgan fingerprint density at radius 3 is 2.16 bits per heavy atom. The first-order valence-electron chi connectivity index (χ1n) is 22.9. The van der Waals surface area contributed by atoms with Crippen molar-refractivity contribution in [1.29, 1.82) is 0 Å². The van der Waals surface area contributed by atoms with Gasteiger partial charge in [0, 0.05) is 57.3 Å². The van der Waals surface area contributed by atoms with Crippen molar-refractivity contribution in [2.45, 2.75) is 76.0 Å². The number of likely N-dealkylation sites (tertiary alicyclic amines) is 2. The van der Waals surface area contributed by atoms with Gasteiger partial charge in [0.2, 0.25) is 11.8 Å². The third kappa shape index (κ3) is 9.09. The van der Waals surface area contributed by atoms with E-state index in [-0.39, 0.29) is 64.9 Å². The summed E-state index contributed by atoms with van der Waals surface area (Å²) >= 11 is 0. The number of carbonyl (C=O) groups excluding carboxylic acids is 6. The summed E-state index contributed by atoms with van der Waals surface area (Å²) in [6.45, 7) is 6.04. The largest absolute Gasteiger partial charge is 0.496 e. The second-order valence-corrected chi connectivity index (χ2v) is 18.2. The maximum absolute atomic E-state index is 15.5. The van der Waals surface area contributed by atoms with Gasteiger partial charge in [-0.3, -0.25) is 39.0 Å². The number of nitrogens with one attached hydrogen (secondary N) is 2. The normalized spacial score (nSPS) is 20.3. The Labute approximate surface area is 385 Å². The highest BCUT2D eigenvalue weighted by Gasteiger charge is 2.45. The smallest absolute Gasteiger partial charge is 0.262 e. The molecule has 19 heteroatoms. The Bertz CT molecular complexity index is 2620. The highest BCUT2D eigenvalue weighted by molar-refractivity contribution is 6.23. The number of methoxy groups -OCH3 is 1. The number of anilines is 2. The van der Waals surface area contributed by atoms with Crippen molar-refractivity contribution in [3.63, 3.8) is 0 Å². The number of imide groups is 2. The van der Waals surface area contributed by atoms with Gasteiger partial charge in [-0.2, -0.15) is 5.10 Å². The van der Waals surface area contributed by atoms with Crippen molar-refractivity contribution in [2.24, 2.45) is 11.7 Å². The predicted molar refractivity (Wildman–Crippen MR) is 242 cm³/mol. The van der Waals surface area contributed by atoms with Crippen LogP contribution >= 0.6 is 0 Å². The molecule has 67 heavy (non-hydrogen) atoms. The van der Waals surface area contributed by atoms with Crippen molar-refractivity contribution in [3.05, 3.63) is 94.0 Å². The summed E-state index contributed by atoms with van der Waals surface area (Å²) in [6, 6.07) is 12.8. The topological polar surface area (TPSA) is 219 Å². The zero-order valence-electron chi connectivity index (χ0n) is 37.3. The van der Waals surface area contributed by atoms with Crippen LogP contribution in [0.4, 0.5) is 20.3 Å². The molecule has 0 aliphatic carbocycles. The first-order chi connectivity index (χ1) is 32.3. The first kappa shape index (κ1) is 45.4. The number of nitrogens with two attached hydrogens (primary N) is 2. The lowest BCUT2D eigenvalue weighted by Crippen LogP contribution is -2.54. The summed E-state index contributed by atoms with van der Waals surface area (Å²) in [7, 11) is 1.41. The SMILES string of the molecule is COc1ccc(F)cc1C(=O)NCc1ccc(-c2nn(C3CCN(C4CCN(CC5CCN(c6cc7c(cc6F)C(=O)N(C6CCC(=O)NC6=O)C7=O)CC5)CC4)CC3)c(N)c2C(N)=O)cc1. The number of primary amides is 1. The van der Waals surface area contributed by atoms with Crippen LogP contribution in [0, 0.1) is 17.6 Å². The Morgan fingerprint density at radius 2 is 1.51 bits per heavy atom. The summed E-state index contributed by atoms with van der Waals surface area (Å²) in [6.07, 6.45) is 5.47. The first-order valence-corrected chi connectivity index (χ1v) is 22.9. The maximum Gasteiger partial charge on any atom is 0.262 e. The van der Waals surface area contributed by atoms with Gasteiger partial charge in [-0.05, 0) is 99.8 Å². The van der Waals surface area contributed by atoms with Gasteiger partial charge in [-0.25, -0.2) is 13.5 Å². The number of aromatic nitrogens is 2. The van der Waals surface area contributed by atoms with E-state index in [1.165, 1.54) is 25.3 Å². The average Bonchev–Trinajstić information content (AvgIpc) is 3.80. The molecule has 1 atom stereocenters. The molecule has 4 fully saturated rings. The molecule has 17 nitrogen and oxygen atoms in total. The second-order valence-electron chi connectivity index (χ2n) is 18.2. The summed E-state index contributed by atoms with van der Waals surface area (Å²) < 4.78 is 36.3. The molecule has 5 aliphatic rings. The van der Waals surface area contributed by atoms with Crippen LogP contribution < -0.4 is 31.7 Å². The van der Waals surface area contributed by atoms with Crippen LogP contribution in [0.1, 0.15) is 104 Å². The van der Waals surface area contributed by atoms with Gasteiger partial charge in [0.05, 0.1) is 35.5 Å². The minimum atomic E-state index is -1.11. The van der Waals surface area contributed by atoms with E-state index >= 15 is 4.39 Å². The van der Waals surface area contributed by atoms with E-state index in [1.54, 1.807) is 16.8 Å². The lowest BCUT2D eigenvalue weighted by atomic mass is 9.93. The fourth-order valence-electron chi connectivity index (χ4n) is 10.5. The van der Waals surface area contributed by atoms with E-state index in [0.717, 1.165) is 93.8 Å². The van der Waals surface area contributed by atoms with Gasteiger partial charge in [0.15, 0.2) is 0 Å². The van der Waals surface area contributed by atoms with E-state index in [0.29, 0.717) is 36.3 Å². The molecule has 6 amide bonds. The Balaban J connectivity index is 0.740. The number of nitrogen functional groups attached to an aromatic ring is 1. The monoisotopic (exact) mass is 920 g/mol. The molecule has 1 unspecified atom stereocenters. The molecule has 6 heterocycles. The molecule has 0 spiro atoms. The van der Waals surface area contributed by atoms with Crippen LogP contribution in [0.15, 0.2) is 54.6 Å². The number of carbonyl (C=O) groups is 6. The van der Waals surface area contributed by atoms with Gasteiger partial charge in [-0.1, -0.05) is 24.3 Å². The number of benzene rings is 3. The standard InChI is InChI=1S/C48H54F2N10O7/c1-67-39-8-6-30(49)22-35(39)45(63)53-25-27-2-4-29(5-3-27)42-41(44(52)62)43(51)60(55-42)32-14-20-57(21-15-32)31-12-16-56(17-13-31)26-28-10-18-58(19-11-28)38-24-34-33(23-36(38)50)47(65)59(48(34)66)37-7-9-40(61)54-46(37)64/h2-6,8,22-24,28,31-32,37H,7,9-21,25-26,51H2,1H3,(H2,52,62)(H,53,63)(H,54,61,64). The Hall–Kier alpha value is -6.73. The third-order valence-electron chi connectivity index (χ3n) is 14.2. The number of amides is 6. The molecular formula is C48H54F2N10O7. The zero-order chi connectivity index (χ0) is 47.1. The minimum absolute atomic E-state index is 0.0101. The van der Waals surface area contributed by atoms with E-state index < -0.39 is 53.1 Å². The highest BCUT2D eigenvalue weighted by Crippen LogP contribution is 2.36. The van der Waals surface area contributed by atoms with Gasteiger partial charge in [0.1, 0.15) is 40.5 Å². The molecule has 0 radical (unpaired) electrons. The van der Waals surface area contributed by atoms with E-state index in [4.69, 9.17) is 21.3 Å². The average molecular weight is 921 g/mol. The summed E-state index contributed by atoms with van der Waals surface area (Å²) in [5.74, 6) is -3.88. The van der Waals surface area contributed by atoms with Crippen LogP contribution in [0.5, 0.6) is 5.75 Å². The number of hydrogen-bond acceptors (Lipinski definition) is 12. The summed E-state index contributed by atoms with van der Waals surface area (Å²) in [5, 5.41) is 9.81.